The number of hydrogen-bond donors (Lipinski definition) is 2. The highest BCUT2D eigenvalue weighted by atomic mass is 19.1. The van der Waals surface area contributed by atoms with Crippen LogP contribution in [-0.2, 0) is 11.3 Å². The van der Waals surface area contributed by atoms with Crippen molar-refractivity contribution in [3.63, 3.8) is 0 Å². The third-order valence-corrected chi connectivity index (χ3v) is 4.94. The molecule has 6 nitrogen and oxygen atoms in total. The van der Waals surface area contributed by atoms with Crippen LogP contribution in [0.15, 0.2) is 66.7 Å². The number of rotatable bonds is 6. The number of halogens is 1. The predicted octanol–water partition coefficient (Wildman–Crippen LogP) is 3.80. The molecule has 2 N–H and O–H groups in total. The minimum atomic E-state index is -0.362. The molecule has 7 heteroatoms. The van der Waals surface area contributed by atoms with E-state index >= 15 is 0 Å². The van der Waals surface area contributed by atoms with Crippen molar-refractivity contribution in [3.05, 3.63) is 89.4 Å². The molecule has 1 atom stereocenters. The minimum absolute atomic E-state index is 0.0426. The SMILES string of the molecule is C[C@@H](NC(=O)CN1Cc2ccc(Nc3cccc(F)c3)nc2C1=O)c1ccccc1. The van der Waals surface area contributed by atoms with E-state index in [1.54, 1.807) is 24.3 Å². The van der Waals surface area contributed by atoms with E-state index in [0.29, 0.717) is 23.7 Å². The first-order chi connectivity index (χ1) is 14.5. The second-order valence-corrected chi connectivity index (χ2v) is 7.20. The molecule has 152 valence electrons. The van der Waals surface area contributed by atoms with Gasteiger partial charge < -0.3 is 15.5 Å². The quantitative estimate of drug-likeness (QED) is 0.655. The van der Waals surface area contributed by atoms with Gasteiger partial charge in [-0.25, -0.2) is 9.37 Å². The van der Waals surface area contributed by atoms with Gasteiger partial charge in [-0.2, -0.15) is 0 Å². The van der Waals surface area contributed by atoms with Gasteiger partial charge in [-0.1, -0.05) is 42.5 Å². The Hall–Kier alpha value is -3.74. The zero-order valence-corrected chi connectivity index (χ0v) is 16.4. The molecule has 0 saturated carbocycles. The van der Waals surface area contributed by atoms with Gasteiger partial charge in [0, 0.05) is 17.8 Å². The first kappa shape index (κ1) is 19.6. The molecule has 0 unspecified atom stereocenters. The number of aromatic nitrogens is 1. The van der Waals surface area contributed by atoms with Crippen LogP contribution >= 0.6 is 0 Å². The van der Waals surface area contributed by atoms with Gasteiger partial charge in [0.2, 0.25) is 5.91 Å². The number of carbonyl (C=O) groups excluding carboxylic acids is 2. The minimum Gasteiger partial charge on any atom is -0.348 e. The number of carbonyl (C=O) groups is 2. The van der Waals surface area contributed by atoms with Crippen LogP contribution in [0.2, 0.25) is 0 Å². The molecular formula is C23H21FN4O2. The summed E-state index contributed by atoms with van der Waals surface area (Å²) in [6.07, 6.45) is 0. The van der Waals surface area contributed by atoms with Crippen LogP contribution in [0.1, 0.15) is 34.6 Å². The average molecular weight is 404 g/mol. The lowest BCUT2D eigenvalue weighted by atomic mass is 10.1. The molecule has 0 radical (unpaired) electrons. The summed E-state index contributed by atoms with van der Waals surface area (Å²) < 4.78 is 13.4. The Morgan fingerprint density at radius 1 is 1.13 bits per heavy atom. The number of nitrogens with zero attached hydrogens (tertiary/aromatic N) is 2. The maximum Gasteiger partial charge on any atom is 0.273 e. The molecule has 1 aliphatic rings. The molecule has 30 heavy (non-hydrogen) atoms. The molecule has 0 aliphatic carbocycles. The number of nitrogens with one attached hydrogen (secondary N) is 2. The molecule has 2 amide bonds. The molecule has 3 aromatic rings. The summed E-state index contributed by atoms with van der Waals surface area (Å²) in [4.78, 5) is 31.0. The lowest BCUT2D eigenvalue weighted by Gasteiger charge is -2.18. The highest BCUT2D eigenvalue weighted by molar-refractivity contribution is 5.99. The lowest BCUT2D eigenvalue weighted by Crippen LogP contribution is -2.38. The van der Waals surface area contributed by atoms with Crippen LogP contribution in [0.3, 0.4) is 0 Å². The van der Waals surface area contributed by atoms with Crippen molar-refractivity contribution >= 4 is 23.3 Å². The number of pyridine rings is 1. The standard InChI is InChI=1S/C23H21FN4O2/c1-15(16-6-3-2-4-7-16)25-21(29)14-28-13-17-10-11-20(27-22(17)23(28)30)26-19-9-5-8-18(24)12-19/h2-12,15H,13-14H2,1H3,(H,25,29)(H,26,27)/t15-/m1/s1. The number of benzene rings is 2. The zero-order chi connectivity index (χ0) is 21.1. The maximum absolute atomic E-state index is 13.4. The van der Waals surface area contributed by atoms with Crippen LogP contribution < -0.4 is 10.6 Å². The van der Waals surface area contributed by atoms with Gasteiger partial charge in [-0.15, -0.1) is 0 Å². The summed E-state index contributed by atoms with van der Waals surface area (Å²) in [6, 6.07) is 19.0. The van der Waals surface area contributed by atoms with Gasteiger partial charge in [-0.3, -0.25) is 9.59 Å². The molecule has 2 aromatic carbocycles. The lowest BCUT2D eigenvalue weighted by molar-refractivity contribution is -0.122. The van der Waals surface area contributed by atoms with Crippen LogP contribution in [0.5, 0.6) is 0 Å². The molecule has 0 spiro atoms. The highest BCUT2D eigenvalue weighted by Crippen LogP contribution is 2.24. The van der Waals surface area contributed by atoms with Crippen molar-refractivity contribution < 1.29 is 14.0 Å². The summed E-state index contributed by atoms with van der Waals surface area (Å²) >= 11 is 0. The molecule has 2 heterocycles. The molecule has 0 bridgehead atoms. The molecule has 1 aromatic heterocycles. The van der Waals surface area contributed by atoms with E-state index < -0.39 is 0 Å². The van der Waals surface area contributed by atoms with Gasteiger partial charge >= 0.3 is 0 Å². The fraction of sp³-hybridized carbons (Fsp3) is 0.174. The van der Waals surface area contributed by atoms with Crippen molar-refractivity contribution in [1.82, 2.24) is 15.2 Å². The van der Waals surface area contributed by atoms with Crippen LogP contribution in [0, 0.1) is 5.82 Å². The Kier molecular flexibility index (Phi) is 5.43. The smallest absolute Gasteiger partial charge is 0.273 e. The van der Waals surface area contributed by atoms with Crippen molar-refractivity contribution in [2.75, 3.05) is 11.9 Å². The summed E-state index contributed by atoms with van der Waals surface area (Å²) in [6.45, 7) is 2.19. The van der Waals surface area contributed by atoms with Crippen LogP contribution in [0.4, 0.5) is 15.9 Å². The summed E-state index contributed by atoms with van der Waals surface area (Å²) in [5.41, 5.74) is 2.60. The summed E-state index contributed by atoms with van der Waals surface area (Å²) in [5.74, 6) is -0.447. The van der Waals surface area contributed by atoms with E-state index in [-0.39, 0.29) is 30.2 Å². The van der Waals surface area contributed by atoms with E-state index in [1.807, 2.05) is 37.3 Å². The van der Waals surface area contributed by atoms with Gasteiger partial charge in [0.05, 0.1) is 6.04 Å². The first-order valence-corrected chi connectivity index (χ1v) is 9.66. The normalized spacial score (nSPS) is 13.7. The van der Waals surface area contributed by atoms with E-state index in [4.69, 9.17) is 0 Å². The van der Waals surface area contributed by atoms with Crippen LogP contribution in [0.25, 0.3) is 0 Å². The average Bonchev–Trinajstić information content (AvgIpc) is 3.03. The Morgan fingerprint density at radius 3 is 2.70 bits per heavy atom. The van der Waals surface area contributed by atoms with Crippen molar-refractivity contribution in [2.45, 2.75) is 19.5 Å². The van der Waals surface area contributed by atoms with E-state index in [1.165, 1.54) is 17.0 Å². The fourth-order valence-electron chi connectivity index (χ4n) is 3.42. The van der Waals surface area contributed by atoms with Crippen molar-refractivity contribution in [1.29, 1.82) is 0 Å². The van der Waals surface area contributed by atoms with Crippen molar-refractivity contribution in [2.24, 2.45) is 0 Å². The largest absolute Gasteiger partial charge is 0.348 e. The van der Waals surface area contributed by atoms with E-state index in [0.717, 1.165) is 11.1 Å². The number of hydrogen-bond acceptors (Lipinski definition) is 4. The predicted molar refractivity (Wildman–Crippen MR) is 112 cm³/mol. The molecule has 0 fully saturated rings. The number of amides is 2. The monoisotopic (exact) mass is 404 g/mol. The second-order valence-electron chi connectivity index (χ2n) is 7.20. The summed E-state index contributed by atoms with van der Waals surface area (Å²) in [7, 11) is 0. The second kappa shape index (κ2) is 8.32. The molecular weight excluding hydrogens is 383 g/mol. The Bertz CT molecular complexity index is 1090. The maximum atomic E-state index is 13.4. The van der Waals surface area contributed by atoms with Crippen LogP contribution in [-0.4, -0.2) is 28.2 Å². The molecule has 4 rings (SSSR count). The Morgan fingerprint density at radius 2 is 1.93 bits per heavy atom. The number of fused-ring (bicyclic) bond motifs is 1. The Balaban J connectivity index is 1.40. The van der Waals surface area contributed by atoms with Gasteiger partial charge in [0.1, 0.15) is 23.9 Å². The number of anilines is 2. The Labute approximate surface area is 173 Å². The van der Waals surface area contributed by atoms with Gasteiger partial charge in [0.25, 0.3) is 5.91 Å². The van der Waals surface area contributed by atoms with E-state index in [9.17, 15) is 14.0 Å². The zero-order valence-electron chi connectivity index (χ0n) is 16.4. The van der Waals surface area contributed by atoms with Crippen molar-refractivity contribution in [3.8, 4) is 0 Å². The summed E-state index contributed by atoms with van der Waals surface area (Å²) in [5, 5.41) is 5.91. The topological polar surface area (TPSA) is 74.3 Å². The third-order valence-electron chi connectivity index (χ3n) is 4.94. The van der Waals surface area contributed by atoms with E-state index in [2.05, 4.69) is 15.6 Å². The first-order valence-electron chi connectivity index (χ1n) is 9.66. The molecule has 0 saturated heterocycles. The van der Waals surface area contributed by atoms with Gasteiger partial charge in [0.15, 0.2) is 0 Å². The highest BCUT2D eigenvalue weighted by Gasteiger charge is 2.30. The van der Waals surface area contributed by atoms with Gasteiger partial charge in [-0.05, 0) is 36.8 Å². The molecule has 1 aliphatic heterocycles. The fourth-order valence-corrected chi connectivity index (χ4v) is 3.42. The third kappa shape index (κ3) is 4.30.